The standard InChI is InChI=1S/C20H22N4O2S2/c1-13-7-6-9-16(14(13)2)22-19-23-24-20(28-19)27-12-18(25)21-11-15-8-4-5-10-17(15)26-3/h4-10H,11-12H2,1-3H3,(H,21,25)(H,22,23). The number of aryl methyl sites for hydroxylation is 1. The maximum Gasteiger partial charge on any atom is 0.230 e. The normalized spacial score (nSPS) is 10.5. The number of ether oxygens (including phenoxy) is 1. The van der Waals surface area contributed by atoms with Crippen molar-refractivity contribution in [2.24, 2.45) is 0 Å². The van der Waals surface area contributed by atoms with Crippen LogP contribution in [0.25, 0.3) is 0 Å². The van der Waals surface area contributed by atoms with Gasteiger partial charge in [-0.3, -0.25) is 4.79 Å². The summed E-state index contributed by atoms with van der Waals surface area (Å²) in [6.07, 6.45) is 0. The number of rotatable bonds is 8. The number of nitrogens with zero attached hydrogens (tertiary/aromatic N) is 2. The van der Waals surface area contributed by atoms with Crippen LogP contribution in [0.3, 0.4) is 0 Å². The van der Waals surface area contributed by atoms with E-state index in [9.17, 15) is 4.79 Å². The van der Waals surface area contributed by atoms with Gasteiger partial charge in [0.2, 0.25) is 11.0 Å². The van der Waals surface area contributed by atoms with Crippen molar-refractivity contribution in [2.75, 3.05) is 18.2 Å². The first-order valence-corrected chi connectivity index (χ1v) is 10.5. The molecule has 0 aliphatic rings. The van der Waals surface area contributed by atoms with Gasteiger partial charge in [-0.15, -0.1) is 10.2 Å². The smallest absolute Gasteiger partial charge is 0.230 e. The summed E-state index contributed by atoms with van der Waals surface area (Å²) in [5.74, 6) is 0.990. The lowest BCUT2D eigenvalue weighted by molar-refractivity contribution is -0.118. The zero-order valence-corrected chi connectivity index (χ0v) is 17.6. The number of thioether (sulfide) groups is 1. The van der Waals surface area contributed by atoms with Crippen molar-refractivity contribution in [3.63, 3.8) is 0 Å². The molecule has 0 saturated carbocycles. The largest absolute Gasteiger partial charge is 0.496 e. The lowest BCUT2D eigenvalue weighted by atomic mass is 10.1. The molecule has 2 N–H and O–H groups in total. The summed E-state index contributed by atoms with van der Waals surface area (Å²) >= 11 is 2.81. The predicted molar refractivity (Wildman–Crippen MR) is 115 cm³/mol. The minimum absolute atomic E-state index is 0.0601. The second-order valence-electron chi connectivity index (χ2n) is 6.12. The fourth-order valence-corrected chi connectivity index (χ4v) is 4.14. The van der Waals surface area contributed by atoms with Crippen LogP contribution in [-0.4, -0.2) is 29.0 Å². The van der Waals surface area contributed by atoms with Crippen LogP contribution in [0.5, 0.6) is 5.75 Å². The molecule has 0 fully saturated rings. The van der Waals surface area contributed by atoms with Crippen LogP contribution in [0.4, 0.5) is 10.8 Å². The number of nitrogens with one attached hydrogen (secondary N) is 2. The van der Waals surface area contributed by atoms with E-state index in [2.05, 4.69) is 40.7 Å². The zero-order chi connectivity index (χ0) is 19.9. The number of benzene rings is 2. The molecule has 8 heteroatoms. The van der Waals surface area contributed by atoms with E-state index in [-0.39, 0.29) is 11.7 Å². The first-order chi connectivity index (χ1) is 13.6. The predicted octanol–water partition coefficient (Wildman–Crippen LogP) is 4.32. The molecule has 0 saturated heterocycles. The van der Waals surface area contributed by atoms with E-state index in [1.807, 2.05) is 36.4 Å². The number of aromatic nitrogens is 2. The van der Waals surface area contributed by atoms with Crippen molar-refractivity contribution < 1.29 is 9.53 Å². The summed E-state index contributed by atoms with van der Waals surface area (Å²) in [7, 11) is 1.62. The Morgan fingerprint density at radius 1 is 1.14 bits per heavy atom. The zero-order valence-electron chi connectivity index (χ0n) is 16.0. The van der Waals surface area contributed by atoms with E-state index in [4.69, 9.17) is 4.74 Å². The molecule has 1 heterocycles. The van der Waals surface area contributed by atoms with E-state index >= 15 is 0 Å². The van der Waals surface area contributed by atoms with Crippen LogP contribution in [0.2, 0.25) is 0 Å². The van der Waals surface area contributed by atoms with Crippen molar-refractivity contribution in [3.05, 3.63) is 59.2 Å². The molecule has 0 spiro atoms. The fraction of sp³-hybridized carbons (Fsp3) is 0.250. The highest BCUT2D eigenvalue weighted by molar-refractivity contribution is 8.01. The first kappa shape index (κ1) is 20.2. The number of carbonyl (C=O) groups is 1. The molecule has 0 atom stereocenters. The summed E-state index contributed by atoms with van der Waals surface area (Å²) < 4.78 is 6.04. The molecule has 0 aliphatic carbocycles. The molecule has 28 heavy (non-hydrogen) atoms. The highest BCUT2D eigenvalue weighted by atomic mass is 32.2. The molecule has 3 rings (SSSR count). The summed E-state index contributed by atoms with van der Waals surface area (Å²) in [6.45, 7) is 4.57. The maximum absolute atomic E-state index is 12.1. The third kappa shape index (κ3) is 5.24. The van der Waals surface area contributed by atoms with Crippen molar-refractivity contribution in [1.82, 2.24) is 15.5 Å². The van der Waals surface area contributed by atoms with Crippen molar-refractivity contribution in [3.8, 4) is 5.75 Å². The fourth-order valence-electron chi connectivity index (χ4n) is 2.54. The Bertz CT molecular complexity index is 959. The van der Waals surface area contributed by atoms with Gasteiger partial charge in [0.25, 0.3) is 0 Å². The highest BCUT2D eigenvalue weighted by Gasteiger charge is 2.10. The number of anilines is 2. The topological polar surface area (TPSA) is 76.1 Å². The number of para-hydroxylation sites is 1. The van der Waals surface area contributed by atoms with Gasteiger partial charge in [0.05, 0.1) is 12.9 Å². The highest BCUT2D eigenvalue weighted by Crippen LogP contribution is 2.29. The van der Waals surface area contributed by atoms with Gasteiger partial charge in [-0.05, 0) is 37.1 Å². The van der Waals surface area contributed by atoms with Crippen LogP contribution >= 0.6 is 23.1 Å². The van der Waals surface area contributed by atoms with E-state index in [1.54, 1.807) is 7.11 Å². The molecule has 3 aromatic rings. The summed E-state index contributed by atoms with van der Waals surface area (Å²) in [5, 5.41) is 15.2. The van der Waals surface area contributed by atoms with Gasteiger partial charge < -0.3 is 15.4 Å². The summed E-state index contributed by atoms with van der Waals surface area (Å²) in [5.41, 5.74) is 4.36. The van der Waals surface area contributed by atoms with E-state index in [0.29, 0.717) is 11.7 Å². The Labute approximate surface area is 172 Å². The maximum atomic E-state index is 12.1. The lowest BCUT2D eigenvalue weighted by Crippen LogP contribution is -2.24. The lowest BCUT2D eigenvalue weighted by Gasteiger charge is -2.09. The monoisotopic (exact) mass is 414 g/mol. The van der Waals surface area contributed by atoms with E-state index < -0.39 is 0 Å². The molecular weight excluding hydrogens is 392 g/mol. The molecule has 1 amide bonds. The second-order valence-corrected chi connectivity index (χ2v) is 8.32. The van der Waals surface area contributed by atoms with Gasteiger partial charge in [0.1, 0.15) is 5.75 Å². The number of carbonyl (C=O) groups excluding carboxylic acids is 1. The summed E-state index contributed by atoms with van der Waals surface area (Å²) in [4.78, 5) is 12.1. The Morgan fingerprint density at radius 3 is 2.79 bits per heavy atom. The van der Waals surface area contributed by atoms with Gasteiger partial charge in [-0.2, -0.15) is 0 Å². The summed E-state index contributed by atoms with van der Waals surface area (Å²) in [6, 6.07) is 13.7. The quantitative estimate of drug-likeness (QED) is 0.535. The van der Waals surface area contributed by atoms with Crippen LogP contribution in [-0.2, 0) is 11.3 Å². The van der Waals surface area contributed by atoms with Crippen molar-refractivity contribution in [1.29, 1.82) is 0 Å². The molecule has 0 aliphatic heterocycles. The SMILES string of the molecule is COc1ccccc1CNC(=O)CSc1nnc(Nc2cccc(C)c2C)s1. The Kier molecular flexibility index (Phi) is 6.89. The van der Waals surface area contributed by atoms with Crippen LogP contribution in [0.1, 0.15) is 16.7 Å². The van der Waals surface area contributed by atoms with Gasteiger partial charge in [-0.1, -0.05) is 53.4 Å². The van der Waals surface area contributed by atoms with Gasteiger partial charge in [0, 0.05) is 17.8 Å². The van der Waals surface area contributed by atoms with Gasteiger partial charge in [0.15, 0.2) is 4.34 Å². The van der Waals surface area contributed by atoms with Crippen LogP contribution in [0, 0.1) is 13.8 Å². The van der Waals surface area contributed by atoms with Crippen molar-refractivity contribution in [2.45, 2.75) is 24.7 Å². The van der Waals surface area contributed by atoms with Crippen LogP contribution in [0.15, 0.2) is 46.8 Å². The Balaban J connectivity index is 1.50. The van der Waals surface area contributed by atoms with Crippen LogP contribution < -0.4 is 15.4 Å². The average Bonchev–Trinajstić information content (AvgIpc) is 3.16. The minimum Gasteiger partial charge on any atom is -0.496 e. The average molecular weight is 415 g/mol. The third-order valence-corrected chi connectivity index (χ3v) is 6.22. The molecule has 0 bridgehead atoms. The van der Waals surface area contributed by atoms with Gasteiger partial charge >= 0.3 is 0 Å². The molecule has 6 nitrogen and oxygen atoms in total. The number of hydrogen-bond donors (Lipinski definition) is 2. The molecule has 2 aromatic carbocycles. The molecule has 146 valence electrons. The minimum atomic E-state index is -0.0601. The second kappa shape index (κ2) is 9.57. The third-order valence-electron chi connectivity index (χ3n) is 4.25. The number of methoxy groups -OCH3 is 1. The number of amides is 1. The first-order valence-electron chi connectivity index (χ1n) is 8.75. The Hall–Kier alpha value is -2.58. The number of hydrogen-bond acceptors (Lipinski definition) is 7. The molecular formula is C20H22N4O2S2. The molecule has 1 aromatic heterocycles. The Morgan fingerprint density at radius 2 is 1.96 bits per heavy atom. The van der Waals surface area contributed by atoms with E-state index in [0.717, 1.165) is 21.3 Å². The van der Waals surface area contributed by atoms with E-state index in [1.165, 1.54) is 34.2 Å². The molecule has 0 radical (unpaired) electrons. The molecule has 0 unspecified atom stereocenters. The van der Waals surface area contributed by atoms with Gasteiger partial charge in [-0.25, -0.2) is 0 Å². The van der Waals surface area contributed by atoms with Crippen molar-refractivity contribution >= 4 is 39.8 Å².